The van der Waals surface area contributed by atoms with Gasteiger partial charge in [-0.2, -0.15) is 9.41 Å². The molecule has 0 heterocycles. The number of hydrogen-bond acceptors (Lipinski definition) is 4. The van der Waals surface area contributed by atoms with Gasteiger partial charge in [0.2, 0.25) is 10.0 Å². The van der Waals surface area contributed by atoms with Crippen LogP contribution in [0.3, 0.4) is 0 Å². The van der Waals surface area contributed by atoms with E-state index in [1.54, 1.807) is 26.0 Å². The van der Waals surface area contributed by atoms with Crippen LogP contribution in [0.15, 0.2) is 46.4 Å². The Hall–Kier alpha value is -2.58. The van der Waals surface area contributed by atoms with Crippen molar-refractivity contribution in [2.24, 2.45) is 5.10 Å². The molecule has 172 valence electrons. The third-order valence-corrected chi connectivity index (χ3v) is 7.91. The summed E-state index contributed by atoms with van der Waals surface area (Å²) >= 11 is 0. The van der Waals surface area contributed by atoms with E-state index in [9.17, 15) is 17.6 Å². The molecule has 32 heavy (non-hydrogen) atoms. The monoisotopic (exact) mass is 459 g/mol. The summed E-state index contributed by atoms with van der Waals surface area (Å²) in [6, 6.07) is 9.27. The molecule has 2 aromatic carbocycles. The van der Waals surface area contributed by atoms with Crippen molar-refractivity contribution < 1.29 is 17.6 Å². The largest absolute Gasteiger partial charge is 0.272 e. The number of rotatable bonds is 7. The maximum atomic E-state index is 13.7. The molecule has 1 amide bonds. The number of nitrogens with zero attached hydrogens (tertiary/aromatic N) is 2. The van der Waals surface area contributed by atoms with E-state index in [2.05, 4.69) is 10.5 Å². The minimum Gasteiger partial charge on any atom is -0.272 e. The zero-order valence-corrected chi connectivity index (χ0v) is 19.6. The molecule has 1 saturated carbocycles. The number of amides is 1. The van der Waals surface area contributed by atoms with Crippen molar-refractivity contribution in [2.45, 2.75) is 63.8 Å². The van der Waals surface area contributed by atoms with Crippen LogP contribution in [-0.4, -0.2) is 37.4 Å². The first-order valence-corrected chi connectivity index (χ1v) is 12.3. The van der Waals surface area contributed by atoms with Crippen LogP contribution in [0.5, 0.6) is 0 Å². The molecule has 0 radical (unpaired) electrons. The molecule has 0 aromatic heterocycles. The average Bonchev–Trinajstić information content (AvgIpc) is 2.71. The fraction of sp³-hybridized carbons (Fsp3) is 0.417. The Balaban J connectivity index is 1.84. The van der Waals surface area contributed by atoms with E-state index in [4.69, 9.17) is 0 Å². The summed E-state index contributed by atoms with van der Waals surface area (Å²) in [5.74, 6) is -0.937. The number of carbonyl (C=O) groups is 1. The Morgan fingerprint density at radius 3 is 2.41 bits per heavy atom. The number of halogens is 1. The first-order chi connectivity index (χ1) is 15.2. The lowest BCUT2D eigenvalue weighted by Gasteiger charge is -2.33. The van der Waals surface area contributed by atoms with Gasteiger partial charge in [0.05, 0.1) is 17.7 Å². The minimum atomic E-state index is -3.89. The van der Waals surface area contributed by atoms with Crippen LogP contribution < -0.4 is 5.43 Å². The third kappa shape index (κ3) is 5.81. The zero-order chi connectivity index (χ0) is 23.3. The van der Waals surface area contributed by atoms with E-state index in [0.29, 0.717) is 16.7 Å². The van der Waals surface area contributed by atoms with Crippen molar-refractivity contribution in [1.82, 2.24) is 9.73 Å². The molecule has 1 aliphatic carbocycles. The van der Waals surface area contributed by atoms with Crippen LogP contribution in [0.1, 0.15) is 54.4 Å². The highest BCUT2D eigenvalue weighted by Gasteiger charge is 2.35. The number of nitrogens with one attached hydrogen (secondary N) is 1. The van der Waals surface area contributed by atoms with Gasteiger partial charge in [0.1, 0.15) is 5.82 Å². The molecule has 1 fully saturated rings. The molecule has 3 rings (SSSR count). The van der Waals surface area contributed by atoms with Crippen molar-refractivity contribution in [3.8, 4) is 0 Å². The van der Waals surface area contributed by atoms with E-state index in [-0.39, 0.29) is 17.5 Å². The highest BCUT2D eigenvalue weighted by molar-refractivity contribution is 7.89. The van der Waals surface area contributed by atoms with Crippen molar-refractivity contribution in [2.75, 3.05) is 6.54 Å². The summed E-state index contributed by atoms with van der Waals surface area (Å²) < 4.78 is 42.1. The predicted octanol–water partition coefficient (Wildman–Crippen LogP) is 4.22. The smallest absolute Gasteiger partial charge is 0.255 e. The molecule has 0 unspecified atom stereocenters. The van der Waals surface area contributed by atoms with Gasteiger partial charge < -0.3 is 0 Å². The zero-order valence-electron chi connectivity index (χ0n) is 18.8. The summed E-state index contributed by atoms with van der Waals surface area (Å²) in [7, 11) is -3.89. The van der Waals surface area contributed by atoms with Gasteiger partial charge in [0.15, 0.2) is 0 Å². The number of benzene rings is 2. The van der Waals surface area contributed by atoms with E-state index >= 15 is 0 Å². The molecule has 0 spiro atoms. The molecule has 2 aromatic rings. The van der Waals surface area contributed by atoms with Gasteiger partial charge in [-0.1, -0.05) is 49.1 Å². The summed E-state index contributed by atoms with van der Waals surface area (Å²) in [6.07, 6.45) is 5.71. The Labute approximate surface area is 189 Å². The van der Waals surface area contributed by atoms with Crippen molar-refractivity contribution in [3.05, 3.63) is 64.5 Å². The van der Waals surface area contributed by atoms with Crippen LogP contribution in [-0.2, 0) is 14.8 Å². The first kappa shape index (κ1) is 24.1. The van der Waals surface area contributed by atoms with Crippen molar-refractivity contribution >= 4 is 22.1 Å². The van der Waals surface area contributed by atoms with E-state index in [0.717, 1.165) is 37.7 Å². The molecule has 1 aliphatic rings. The van der Waals surface area contributed by atoms with Crippen LogP contribution >= 0.6 is 0 Å². The SMILES string of the molecule is Cc1cc(C)c(S(=O)(=O)N(CC(=O)N/N=C/c2cccc(F)c2)C2CCCCC2)c(C)c1. The first-order valence-electron chi connectivity index (χ1n) is 10.9. The highest BCUT2D eigenvalue weighted by Crippen LogP contribution is 2.31. The minimum absolute atomic E-state index is 0.230. The molecule has 1 N–H and O–H groups in total. The van der Waals surface area contributed by atoms with Crippen LogP contribution in [0.2, 0.25) is 0 Å². The Morgan fingerprint density at radius 2 is 1.78 bits per heavy atom. The Morgan fingerprint density at radius 1 is 1.12 bits per heavy atom. The fourth-order valence-electron chi connectivity index (χ4n) is 4.41. The van der Waals surface area contributed by atoms with Crippen LogP contribution in [0.4, 0.5) is 4.39 Å². The Kier molecular flexibility index (Phi) is 7.79. The number of carbonyl (C=O) groups excluding carboxylic acids is 1. The van der Waals surface area contributed by atoms with Gasteiger partial charge in [0.25, 0.3) is 5.91 Å². The van der Waals surface area contributed by atoms with Gasteiger partial charge in [-0.15, -0.1) is 0 Å². The maximum Gasteiger partial charge on any atom is 0.255 e. The predicted molar refractivity (Wildman–Crippen MR) is 124 cm³/mol. The maximum absolute atomic E-state index is 13.7. The second kappa shape index (κ2) is 10.4. The van der Waals surface area contributed by atoms with Gasteiger partial charge in [-0.25, -0.2) is 18.2 Å². The molecule has 0 aliphatic heterocycles. The number of aryl methyl sites for hydroxylation is 3. The number of sulfonamides is 1. The fourth-order valence-corrected chi connectivity index (χ4v) is 6.47. The third-order valence-electron chi connectivity index (χ3n) is 5.70. The summed E-state index contributed by atoms with van der Waals surface area (Å²) in [5.41, 5.74) is 5.22. The van der Waals surface area contributed by atoms with Crippen LogP contribution in [0, 0.1) is 26.6 Å². The normalized spacial score (nSPS) is 15.4. The number of hydrazone groups is 1. The molecular formula is C24H30FN3O3S. The second-order valence-corrected chi connectivity index (χ2v) is 10.2. The molecular weight excluding hydrogens is 429 g/mol. The van der Waals surface area contributed by atoms with Gasteiger partial charge >= 0.3 is 0 Å². The summed E-state index contributed by atoms with van der Waals surface area (Å²) in [6.45, 7) is 5.18. The Bertz CT molecular complexity index is 1090. The topological polar surface area (TPSA) is 78.8 Å². The highest BCUT2D eigenvalue weighted by atomic mass is 32.2. The van der Waals surface area contributed by atoms with E-state index < -0.39 is 21.7 Å². The van der Waals surface area contributed by atoms with E-state index in [1.165, 1.54) is 22.7 Å². The van der Waals surface area contributed by atoms with Gasteiger partial charge in [-0.05, 0) is 62.4 Å². The van der Waals surface area contributed by atoms with Crippen LogP contribution in [0.25, 0.3) is 0 Å². The van der Waals surface area contributed by atoms with E-state index in [1.807, 2.05) is 19.1 Å². The summed E-state index contributed by atoms with van der Waals surface area (Å²) in [4.78, 5) is 12.9. The van der Waals surface area contributed by atoms with Gasteiger partial charge in [-0.3, -0.25) is 4.79 Å². The molecule has 0 atom stereocenters. The second-order valence-electron chi connectivity index (χ2n) is 8.42. The van der Waals surface area contributed by atoms with Crippen molar-refractivity contribution in [3.63, 3.8) is 0 Å². The van der Waals surface area contributed by atoms with Gasteiger partial charge in [0, 0.05) is 6.04 Å². The lowest BCUT2D eigenvalue weighted by molar-refractivity contribution is -0.121. The quantitative estimate of drug-likeness (QED) is 0.497. The average molecular weight is 460 g/mol. The standard InChI is InChI=1S/C24H30FN3O3S/c1-17-12-18(2)24(19(3)13-17)32(30,31)28(22-10-5-4-6-11-22)16-23(29)27-26-15-20-8-7-9-21(25)14-20/h7-9,12-15,22H,4-6,10-11,16H2,1-3H3,(H,27,29)/b26-15+. The number of hydrogen-bond donors (Lipinski definition) is 1. The lowest BCUT2D eigenvalue weighted by Crippen LogP contribution is -2.46. The molecule has 8 heteroatoms. The molecule has 6 nitrogen and oxygen atoms in total. The molecule has 0 bridgehead atoms. The lowest BCUT2D eigenvalue weighted by atomic mass is 9.95. The summed E-state index contributed by atoms with van der Waals surface area (Å²) in [5, 5.41) is 3.87. The van der Waals surface area contributed by atoms with Crippen molar-refractivity contribution in [1.29, 1.82) is 0 Å². The molecule has 0 saturated heterocycles.